The molecule has 32 heavy (non-hydrogen) atoms. The van der Waals surface area contributed by atoms with Crippen LogP contribution in [0.4, 0.5) is 0 Å². The third-order valence-electron chi connectivity index (χ3n) is 5.26. The molecule has 0 aliphatic rings. The van der Waals surface area contributed by atoms with Crippen molar-refractivity contribution in [2.24, 2.45) is 0 Å². The summed E-state index contributed by atoms with van der Waals surface area (Å²) in [5.41, 5.74) is 2.49. The van der Waals surface area contributed by atoms with Crippen molar-refractivity contribution in [2.75, 3.05) is 13.6 Å². The van der Waals surface area contributed by atoms with Gasteiger partial charge in [0.1, 0.15) is 0 Å². The summed E-state index contributed by atoms with van der Waals surface area (Å²) in [4.78, 5) is 12.8. The molecule has 1 N–H and O–H groups in total. The lowest BCUT2D eigenvalue weighted by atomic mass is 9.86. The summed E-state index contributed by atoms with van der Waals surface area (Å²) in [5, 5.41) is 11.9. The molecule has 0 bridgehead atoms. The molecule has 1 atom stereocenters. The van der Waals surface area contributed by atoms with E-state index in [1.165, 1.54) is 31.3 Å². The molecule has 0 aromatic heterocycles. The van der Waals surface area contributed by atoms with Gasteiger partial charge >= 0.3 is 0 Å². The van der Waals surface area contributed by atoms with E-state index >= 15 is 0 Å². The Kier molecular flexibility index (Phi) is 7.41. The predicted octanol–water partition coefficient (Wildman–Crippen LogP) is 3.52. The van der Waals surface area contributed by atoms with Gasteiger partial charge in [0.25, 0.3) is 0 Å². The number of nitrogens with one attached hydrogen (secondary N) is 1. The molecule has 0 saturated carbocycles. The van der Waals surface area contributed by atoms with Crippen LogP contribution in [0.1, 0.15) is 29.5 Å². The van der Waals surface area contributed by atoms with Gasteiger partial charge < -0.3 is 5.32 Å². The number of amides is 1. The first-order valence-corrected chi connectivity index (χ1v) is 11.6. The van der Waals surface area contributed by atoms with Gasteiger partial charge in [0.05, 0.1) is 23.1 Å². The van der Waals surface area contributed by atoms with E-state index in [1.807, 2.05) is 73.7 Å². The van der Waals surface area contributed by atoms with E-state index in [0.29, 0.717) is 5.56 Å². The van der Waals surface area contributed by atoms with Gasteiger partial charge in [0.15, 0.2) is 0 Å². The first kappa shape index (κ1) is 23.2. The Morgan fingerprint density at radius 3 is 1.91 bits per heavy atom. The van der Waals surface area contributed by atoms with Crippen molar-refractivity contribution in [3.63, 3.8) is 0 Å². The second kappa shape index (κ2) is 10.2. The van der Waals surface area contributed by atoms with Crippen molar-refractivity contribution in [3.8, 4) is 6.07 Å². The summed E-state index contributed by atoms with van der Waals surface area (Å²) in [7, 11) is -2.49. The van der Waals surface area contributed by atoms with Gasteiger partial charge in [-0.3, -0.25) is 4.79 Å². The van der Waals surface area contributed by atoms with Crippen molar-refractivity contribution in [3.05, 3.63) is 102 Å². The Bertz CT molecular complexity index is 1150. The number of likely N-dealkylation sites (N-methyl/N-ethyl adjacent to an activating group) is 1. The Hall–Kier alpha value is -3.47. The van der Waals surface area contributed by atoms with Crippen LogP contribution in [0.3, 0.4) is 0 Å². The molecule has 164 valence electrons. The van der Waals surface area contributed by atoms with Gasteiger partial charge in [0, 0.05) is 19.0 Å². The fraction of sp³-hybridized carbons (Fsp3) is 0.200. The van der Waals surface area contributed by atoms with E-state index in [1.54, 1.807) is 0 Å². The maximum absolute atomic E-state index is 12.8. The highest BCUT2D eigenvalue weighted by atomic mass is 32.2. The van der Waals surface area contributed by atoms with E-state index in [-0.39, 0.29) is 23.4 Å². The van der Waals surface area contributed by atoms with E-state index in [0.717, 1.165) is 15.4 Å². The molecule has 0 radical (unpaired) electrons. The zero-order valence-electron chi connectivity index (χ0n) is 18.0. The van der Waals surface area contributed by atoms with Gasteiger partial charge in [-0.15, -0.1) is 0 Å². The molecule has 0 heterocycles. The number of nitrogens with zero attached hydrogens (tertiary/aromatic N) is 2. The summed E-state index contributed by atoms with van der Waals surface area (Å²) in [6.45, 7) is 1.60. The molecule has 7 heteroatoms. The maximum Gasteiger partial charge on any atom is 0.243 e. The highest BCUT2D eigenvalue weighted by Crippen LogP contribution is 2.28. The topological polar surface area (TPSA) is 90.3 Å². The fourth-order valence-electron chi connectivity index (χ4n) is 3.64. The predicted molar refractivity (Wildman–Crippen MR) is 123 cm³/mol. The largest absolute Gasteiger partial charge is 0.352 e. The first-order chi connectivity index (χ1) is 15.3. The smallest absolute Gasteiger partial charge is 0.243 e. The quantitative estimate of drug-likeness (QED) is 0.572. The van der Waals surface area contributed by atoms with Gasteiger partial charge in [-0.1, -0.05) is 60.7 Å². The summed E-state index contributed by atoms with van der Waals surface area (Å²) in [6, 6.07) is 27.1. The minimum absolute atomic E-state index is 0.0336. The minimum Gasteiger partial charge on any atom is -0.352 e. The highest BCUT2D eigenvalue weighted by Gasteiger charge is 2.26. The molecule has 1 unspecified atom stereocenters. The SMILES string of the molecule is CC(NC(=O)CN(C)S(=O)(=O)c1ccc(C#N)cc1)C(c1ccccc1)c1ccccc1. The second-order valence-electron chi connectivity index (χ2n) is 7.55. The molecule has 0 saturated heterocycles. The van der Waals surface area contributed by atoms with E-state index < -0.39 is 15.9 Å². The number of carbonyl (C=O) groups excluding carboxylic acids is 1. The average Bonchev–Trinajstić information content (AvgIpc) is 2.80. The van der Waals surface area contributed by atoms with Crippen molar-refractivity contribution >= 4 is 15.9 Å². The second-order valence-corrected chi connectivity index (χ2v) is 9.60. The van der Waals surface area contributed by atoms with Crippen molar-refractivity contribution in [1.29, 1.82) is 5.26 Å². The Balaban J connectivity index is 1.74. The summed E-state index contributed by atoms with van der Waals surface area (Å²) in [6.07, 6.45) is 0. The summed E-state index contributed by atoms with van der Waals surface area (Å²) >= 11 is 0. The number of benzene rings is 3. The van der Waals surface area contributed by atoms with Gasteiger partial charge in [-0.05, 0) is 42.3 Å². The zero-order valence-corrected chi connectivity index (χ0v) is 18.8. The number of rotatable bonds is 8. The fourth-order valence-corrected chi connectivity index (χ4v) is 4.77. The lowest BCUT2D eigenvalue weighted by Gasteiger charge is -2.27. The third-order valence-corrected chi connectivity index (χ3v) is 7.08. The van der Waals surface area contributed by atoms with Crippen LogP contribution in [0.5, 0.6) is 0 Å². The molecule has 0 spiro atoms. The lowest BCUT2D eigenvalue weighted by molar-refractivity contribution is -0.121. The molecule has 6 nitrogen and oxygen atoms in total. The average molecular weight is 448 g/mol. The van der Waals surface area contributed by atoms with E-state index in [2.05, 4.69) is 5.32 Å². The zero-order chi connectivity index (χ0) is 23.1. The van der Waals surface area contributed by atoms with Crippen LogP contribution in [-0.2, 0) is 14.8 Å². The number of hydrogen-bond acceptors (Lipinski definition) is 4. The summed E-state index contributed by atoms with van der Waals surface area (Å²) < 4.78 is 26.6. The van der Waals surface area contributed by atoms with Crippen molar-refractivity contribution in [1.82, 2.24) is 9.62 Å². The van der Waals surface area contributed by atoms with Gasteiger partial charge in [-0.2, -0.15) is 9.57 Å². The van der Waals surface area contributed by atoms with E-state index in [9.17, 15) is 13.2 Å². The lowest BCUT2D eigenvalue weighted by Crippen LogP contribution is -2.44. The Labute approximate surface area is 189 Å². The Morgan fingerprint density at radius 2 is 1.44 bits per heavy atom. The van der Waals surface area contributed by atoms with Crippen LogP contribution < -0.4 is 5.32 Å². The molecule has 0 aliphatic heterocycles. The molecule has 1 amide bonds. The van der Waals surface area contributed by atoms with Crippen molar-refractivity contribution < 1.29 is 13.2 Å². The maximum atomic E-state index is 12.8. The molecule has 3 rings (SSSR count). The third kappa shape index (κ3) is 5.41. The van der Waals surface area contributed by atoms with E-state index in [4.69, 9.17) is 5.26 Å². The monoisotopic (exact) mass is 447 g/mol. The number of sulfonamides is 1. The Morgan fingerprint density at radius 1 is 0.938 bits per heavy atom. The van der Waals surface area contributed by atoms with Crippen LogP contribution in [0, 0.1) is 11.3 Å². The normalized spacial score (nSPS) is 12.3. The van der Waals surface area contributed by atoms with Crippen LogP contribution in [0.15, 0.2) is 89.8 Å². The number of carbonyl (C=O) groups is 1. The van der Waals surface area contributed by atoms with Crippen molar-refractivity contribution in [2.45, 2.75) is 23.8 Å². The van der Waals surface area contributed by atoms with Gasteiger partial charge in [-0.25, -0.2) is 8.42 Å². The highest BCUT2D eigenvalue weighted by molar-refractivity contribution is 7.89. The molecule has 0 aliphatic carbocycles. The number of hydrogen-bond donors (Lipinski definition) is 1. The summed E-state index contributed by atoms with van der Waals surface area (Å²) in [5.74, 6) is -0.476. The van der Waals surface area contributed by atoms with Crippen LogP contribution in [0.25, 0.3) is 0 Å². The first-order valence-electron chi connectivity index (χ1n) is 10.2. The van der Waals surface area contributed by atoms with Crippen LogP contribution >= 0.6 is 0 Å². The minimum atomic E-state index is -3.86. The molecule has 0 fully saturated rings. The van der Waals surface area contributed by atoms with Gasteiger partial charge in [0.2, 0.25) is 15.9 Å². The molecule has 3 aromatic carbocycles. The van der Waals surface area contributed by atoms with Crippen LogP contribution in [-0.4, -0.2) is 38.3 Å². The molecular formula is C25H25N3O3S. The number of nitriles is 1. The standard InChI is InChI=1S/C25H25N3O3S/c1-19(25(21-9-5-3-6-10-21)22-11-7-4-8-12-22)27-24(29)18-28(2)32(30,31)23-15-13-20(17-26)14-16-23/h3-16,19,25H,18H2,1-2H3,(H,27,29). The molecule has 3 aromatic rings. The molecular weight excluding hydrogens is 422 g/mol. The van der Waals surface area contributed by atoms with Crippen LogP contribution in [0.2, 0.25) is 0 Å².